The number of carbonyl (C=O) groups is 1. The van der Waals surface area contributed by atoms with Crippen molar-refractivity contribution >= 4 is 69.6 Å². The van der Waals surface area contributed by atoms with Crippen molar-refractivity contribution in [1.82, 2.24) is 10.2 Å². The molecular formula is C10H12CaN5O8P. The van der Waals surface area contributed by atoms with E-state index in [-0.39, 0.29) is 43.6 Å². The van der Waals surface area contributed by atoms with E-state index in [1.54, 1.807) is 0 Å². The van der Waals surface area contributed by atoms with E-state index < -0.39 is 56.9 Å². The van der Waals surface area contributed by atoms with Crippen molar-refractivity contribution in [3.8, 4) is 0 Å². The summed E-state index contributed by atoms with van der Waals surface area (Å²) < 4.78 is 19.9. The van der Waals surface area contributed by atoms with Crippen LogP contribution in [0.1, 0.15) is 0 Å². The van der Waals surface area contributed by atoms with Crippen LogP contribution in [0, 0.1) is 5.41 Å². The Hall–Kier alpha value is -0.470. The summed E-state index contributed by atoms with van der Waals surface area (Å²) in [6, 6.07) is -1.02. The van der Waals surface area contributed by atoms with Crippen LogP contribution in [0.25, 0.3) is 0 Å². The molecule has 0 aliphatic carbocycles. The number of nitrogens with one attached hydrogen (secondary N) is 2. The molecule has 15 heteroatoms. The zero-order chi connectivity index (χ0) is 17.6. The Bertz CT molecular complexity index is 682. The third-order valence-electron chi connectivity index (χ3n) is 3.57. The van der Waals surface area contributed by atoms with Gasteiger partial charge in [0.15, 0.2) is 18.1 Å². The first-order valence-corrected chi connectivity index (χ1v) is 8.11. The summed E-state index contributed by atoms with van der Waals surface area (Å²) in [7, 11) is -5.27. The zero-order valence-electron chi connectivity index (χ0n) is 12.5. The number of phosphoric ester groups is 1. The summed E-state index contributed by atoms with van der Waals surface area (Å²) >= 11 is 0. The van der Waals surface area contributed by atoms with Gasteiger partial charge in [0.1, 0.15) is 18.3 Å². The van der Waals surface area contributed by atoms with Gasteiger partial charge in [-0.05, 0) is 0 Å². The quantitative estimate of drug-likeness (QED) is 0.263. The Morgan fingerprint density at radius 1 is 1.44 bits per heavy atom. The molecule has 0 saturated carbocycles. The molecule has 5 unspecified atom stereocenters. The van der Waals surface area contributed by atoms with Gasteiger partial charge in [-0.2, -0.15) is 4.99 Å². The van der Waals surface area contributed by atoms with Crippen LogP contribution in [-0.4, -0.2) is 114 Å². The maximum absolute atomic E-state index is 11.7. The van der Waals surface area contributed by atoms with Crippen molar-refractivity contribution in [3.63, 3.8) is 0 Å². The number of ether oxygens (including phenoxy) is 1. The maximum Gasteiger partial charge on any atom is 2.00 e. The predicted octanol–water partition coefficient (Wildman–Crippen LogP) is -4.93. The second kappa shape index (κ2) is 7.64. The average Bonchev–Trinajstić information content (AvgIpc) is 3.00. The number of aliphatic hydroxyl groups excluding tert-OH is 2. The summed E-state index contributed by atoms with van der Waals surface area (Å²) in [6.07, 6.45) is -4.48. The smallest absolute Gasteiger partial charge is 0.790 e. The molecule has 0 spiro atoms. The molecule has 1 fully saturated rings. The normalized spacial score (nSPS) is 34.5. The van der Waals surface area contributed by atoms with Crippen LogP contribution in [0.5, 0.6) is 0 Å². The van der Waals surface area contributed by atoms with E-state index in [2.05, 4.69) is 19.8 Å². The Labute approximate surface area is 170 Å². The SMILES string of the molecule is N=C1N=C2C(N=CN2C2OC(COP(=O)([O-])[O-])C(O)C2O)C(=O)N1.[Ca+2]. The largest absolute Gasteiger partial charge is 2.00 e. The monoisotopic (exact) mass is 401 g/mol. The van der Waals surface area contributed by atoms with Gasteiger partial charge in [0, 0.05) is 0 Å². The number of aliphatic imine (C=N–C) groups is 2. The molecule has 1 saturated heterocycles. The van der Waals surface area contributed by atoms with Crippen molar-refractivity contribution in [1.29, 1.82) is 5.41 Å². The number of nitrogens with zero attached hydrogens (tertiary/aromatic N) is 3. The minimum absolute atomic E-state index is 0. The van der Waals surface area contributed by atoms with E-state index >= 15 is 0 Å². The molecule has 3 aliphatic rings. The molecule has 3 aliphatic heterocycles. The molecule has 0 radical (unpaired) electrons. The maximum atomic E-state index is 11.7. The van der Waals surface area contributed by atoms with E-state index in [1.165, 1.54) is 0 Å². The molecule has 3 heterocycles. The van der Waals surface area contributed by atoms with Crippen LogP contribution >= 0.6 is 7.82 Å². The number of guanidine groups is 1. The van der Waals surface area contributed by atoms with Crippen LogP contribution in [-0.2, 0) is 18.6 Å². The number of amides is 1. The fraction of sp³-hybridized carbons (Fsp3) is 0.600. The van der Waals surface area contributed by atoms with Gasteiger partial charge < -0.3 is 33.8 Å². The zero-order valence-corrected chi connectivity index (χ0v) is 15.6. The summed E-state index contributed by atoms with van der Waals surface area (Å²) in [6.45, 7) is -0.782. The van der Waals surface area contributed by atoms with Gasteiger partial charge in [-0.25, -0.2) is 0 Å². The van der Waals surface area contributed by atoms with Gasteiger partial charge in [-0.3, -0.25) is 25.4 Å². The van der Waals surface area contributed by atoms with Crippen molar-refractivity contribution in [2.24, 2.45) is 9.98 Å². The van der Waals surface area contributed by atoms with E-state index in [4.69, 9.17) is 10.1 Å². The van der Waals surface area contributed by atoms with Gasteiger partial charge in [0.05, 0.1) is 20.8 Å². The molecule has 5 atom stereocenters. The number of aliphatic hydroxyl groups is 2. The summed E-state index contributed by atoms with van der Waals surface area (Å²) in [5.74, 6) is -0.997. The third-order valence-corrected chi connectivity index (χ3v) is 4.04. The summed E-state index contributed by atoms with van der Waals surface area (Å²) in [5, 5.41) is 29.6. The predicted molar refractivity (Wildman–Crippen MR) is 77.4 cm³/mol. The van der Waals surface area contributed by atoms with Crippen LogP contribution in [0.15, 0.2) is 9.98 Å². The number of rotatable bonds is 4. The number of carbonyl (C=O) groups excluding carboxylic acids is 1. The Morgan fingerprint density at radius 2 is 2.12 bits per heavy atom. The van der Waals surface area contributed by atoms with Gasteiger partial charge in [-0.1, -0.05) is 0 Å². The Morgan fingerprint density at radius 3 is 2.76 bits per heavy atom. The van der Waals surface area contributed by atoms with Crippen molar-refractivity contribution in [2.75, 3.05) is 6.61 Å². The number of phosphoric acid groups is 1. The first kappa shape index (κ1) is 20.8. The van der Waals surface area contributed by atoms with Crippen molar-refractivity contribution < 1.29 is 38.6 Å². The van der Waals surface area contributed by atoms with Crippen LogP contribution in [0.4, 0.5) is 0 Å². The average molecular weight is 401 g/mol. The number of hydrogen-bond acceptors (Lipinski definition) is 11. The van der Waals surface area contributed by atoms with E-state index in [9.17, 15) is 29.4 Å². The second-order valence-corrected chi connectivity index (χ2v) is 6.32. The minimum Gasteiger partial charge on any atom is -0.790 e. The van der Waals surface area contributed by atoms with Gasteiger partial charge >= 0.3 is 37.7 Å². The summed E-state index contributed by atoms with van der Waals surface area (Å²) in [5.41, 5.74) is 0. The van der Waals surface area contributed by atoms with Crippen molar-refractivity contribution in [3.05, 3.63) is 0 Å². The van der Waals surface area contributed by atoms with Gasteiger partial charge in [0.25, 0.3) is 5.91 Å². The number of amidine groups is 1. The van der Waals surface area contributed by atoms with E-state index in [0.29, 0.717) is 0 Å². The van der Waals surface area contributed by atoms with Gasteiger partial charge in [0.2, 0.25) is 5.96 Å². The molecule has 3 rings (SSSR count). The Kier molecular flexibility index (Phi) is 6.37. The van der Waals surface area contributed by atoms with Crippen molar-refractivity contribution in [2.45, 2.75) is 30.6 Å². The van der Waals surface area contributed by atoms with Crippen LogP contribution < -0.4 is 15.1 Å². The fourth-order valence-corrected chi connectivity index (χ4v) is 2.82. The molecule has 0 aromatic rings. The minimum atomic E-state index is -5.27. The fourth-order valence-electron chi connectivity index (χ4n) is 2.49. The Balaban J connectivity index is 0.00000225. The summed E-state index contributed by atoms with van der Waals surface area (Å²) in [4.78, 5) is 41.6. The standard InChI is InChI=1S/C10H14N5O8P.Ca/c11-10-13-7-4(8(18)14-10)12-2-15(7)9-6(17)5(16)3(23-9)1-22-24(19,20)21;/h2-6,9,16-17H,1H2,(H2,11,14,18)(H2,19,20,21);/q;+2/p-2. The third kappa shape index (κ3) is 4.27. The molecule has 0 aromatic carbocycles. The first-order valence-electron chi connectivity index (χ1n) is 6.65. The van der Waals surface area contributed by atoms with Gasteiger partial charge in [-0.15, -0.1) is 0 Å². The molecule has 25 heavy (non-hydrogen) atoms. The molecule has 4 N–H and O–H groups in total. The van der Waals surface area contributed by atoms with Crippen LogP contribution in [0.3, 0.4) is 0 Å². The first-order chi connectivity index (χ1) is 11.2. The molecule has 132 valence electrons. The number of fused-ring (bicyclic) bond motifs is 1. The molecule has 0 aromatic heterocycles. The molecular weight excluding hydrogens is 389 g/mol. The van der Waals surface area contributed by atoms with Crippen LogP contribution in [0.2, 0.25) is 0 Å². The molecule has 13 nitrogen and oxygen atoms in total. The number of hydrogen-bond donors (Lipinski definition) is 4. The molecule has 1 amide bonds. The second-order valence-electron chi connectivity index (χ2n) is 5.17. The topological polar surface area (TPSA) is 203 Å². The molecule has 0 bridgehead atoms. The van der Waals surface area contributed by atoms with E-state index in [0.717, 1.165) is 11.2 Å². The van der Waals surface area contributed by atoms with E-state index in [1.807, 2.05) is 0 Å².